The van der Waals surface area contributed by atoms with Gasteiger partial charge in [-0.25, -0.2) is 0 Å². The normalized spacial score (nSPS) is 36.0. The first-order chi connectivity index (χ1) is 10.4. The van der Waals surface area contributed by atoms with Crippen molar-refractivity contribution in [3.63, 3.8) is 0 Å². The number of carbonyl (C=O) groups excluding carboxylic acids is 4. The second kappa shape index (κ2) is 4.66. The molecule has 118 valence electrons. The van der Waals surface area contributed by atoms with Crippen LogP contribution in [-0.2, 0) is 33.4 Å². The lowest BCUT2D eigenvalue weighted by molar-refractivity contribution is -0.197. The quantitative estimate of drug-likeness (QED) is 0.530. The van der Waals surface area contributed by atoms with Gasteiger partial charge in [0.25, 0.3) is 0 Å². The third kappa shape index (κ3) is 1.56. The highest BCUT2D eigenvalue weighted by Gasteiger charge is 2.68. The maximum absolute atomic E-state index is 12.4. The number of ketones is 1. The van der Waals surface area contributed by atoms with Crippen LogP contribution in [0.4, 0.5) is 0 Å². The Labute approximate surface area is 126 Å². The van der Waals surface area contributed by atoms with Crippen molar-refractivity contribution in [2.75, 3.05) is 14.2 Å². The number of fused-ring (bicyclic) bond motifs is 2. The minimum absolute atomic E-state index is 0.143. The van der Waals surface area contributed by atoms with Gasteiger partial charge in [-0.1, -0.05) is 0 Å². The average molecular weight is 308 g/mol. The number of hydrogen-bond donors (Lipinski definition) is 0. The van der Waals surface area contributed by atoms with E-state index in [1.54, 1.807) is 0 Å². The van der Waals surface area contributed by atoms with Gasteiger partial charge in [-0.05, 0) is 18.9 Å². The minimum Gasteiger partial charge on any atom is -0.469 e. The summed E-state index contributed by atoms with van der Waals surface area (Å²) < 4.78 is 14.9. The van der Waals surface area contributed by atoms with E-state index in [1.165, 1.54) is 21.1 Å². The van der Waals surface area contributed by atoms with Crippen molar-refractivity contribution in [1.82, 2.24) is 0 Å². The van der Waals surface area contributed by atoms with Gasteiger partial charge in [-0.3, -0.25) is 19.2 Å². The Morgan fingerprint density at radius 3 is 2.36 bits per heavy atom. The predicted octanol–water partition coefficient (Wildman–Crippen LogP) is 0.170. The van der Waals surface area contributed by atoms with E-state index in [4.69, 9.17) is 14.2 Å². The van der Waals surface area contributed by atoms with E-state index in [1.807, 2.05) is 0 Å². The summed E-state index contributed by atoms with van der Waals surface area (Å²) in [5.74, 6) is -4.20. The van der Waals surface area contributed by atoms with Crippen LogP contribution in [0.2, 0.25) is 0 Å². The summed E-state index contributed by atoms with van der Waals surface area (Å²) >= 11 is 0. The maximum atomic E-state index is 12.4. The van der Waals surface area contributed by atoms with Crippen LogP contribution in [0.5, 0.6) is 0 Å². The molecule has 0 aromatic carbocycles. The fourth-order valence-corrected chi connectivity index (χ4v) is 3.97. The van der Waals surface area contributed by atoms with Crippen molar-refractivity contribution in [2.24, 2.45) is 17.3 Å². The second-order valence-corrected chi connectivity index (χ2v) is 5.89. The molecule has 0 aromatic heterocycles. The van der Waals surface area contributed by atoms with Crippen molar-refractivity contribution < 1.29 is 33.4 Å². The molecule has 2 aliphatic carbocycles. The van der Waals surface area contributed by atoms with Gasteiger partial charge in [0, 0.05) is 12.0 Å². The third-order valence-corrected chi connectivity index (χ3v) is 5.03. The number of methoxy groups -OCH3 is 2. The molecule has 0 spiro atoms. The van der Waals surface area contributed by atoms with Gasteiger partial charge in [-0.15, -0.1) is 0 Å². The molecule has 2 aliphatic heterocycles. The predicted molar refractivity (Wildman–Crippen MR) is 70.3 cm³/mol. The molecule has 4 atom stereocenters. The Morgan fingerprint density at radius 1 is 1.14 bits per heavy atom. The summed E-state index contributed by atoms with van der Waals surface area (Å²) in [6.45, 7) is 1.54. The Morgan fingerprint density at radius 2 is 1.77 bits per heavy atom. The zero-order chi connectivity index (χ0) is 16.2. The van der Waals surface area contributed by atoms with Gasteiger partial charge in [0.05, 0.1) is 20.1 Å². The van der Waals surface area contributed by atoms with Gasteiger partial charge in [-0.2, -0.15) is 0 Å². The largest absolute Gasteiger partial charge is 0.469 e. The molecule has 0 radical (unpaired) electrons. The van der Waals surface area contributed by atoms with E-state index in [9.17, 15) is 19.2 Å². The Hall–Kier alpha value is -2.18. The fraction of sp³-hybridized carbons (Fsp3) is 0.600. The number of rotatable bonds is 2. The lowest BCUT2D eigenvalue weighted by Crippen LogP contribution is -2.62. The standard InChI is InChI=1S/C15H16O7/c1-15-6-4-5-7(16)8(6)11(22-14(15)19)9(12(17)20-2)10(15)13(18)21-3/h9-11H,4-5H2,1-3H3/t9-,10-,11?,15?/m0/s1. The van der Waals surface area contributed by atoms with Gasteiger partial charge in [0.15, 0.2) is 5.78 Å². The van der Waals surface area contributed by atoms with Gasteiger partial charge >= 0.3 is 17.9 Å². The van der Waals surface area contributed by atoms with E-state index in [2.05, 4.69) is 0 Å². The first-order valence-corrected chi connectivity index (χ1v) is 7.01. The monoisotopic (exact) mass is 308 g/mol. The molecule has 4 rings (SSSR count). The highest BCUT2D eigenvalue weighted by molar-refractivity contribution is 6.07. The van der Waals surface area contributed by atoms with Crippen LogP contribution in [0.15, 0.2) is 11.1 Å². The second-order valence-electron chi connectivity index (χ2n) is 5.89. The zero-order valence-electron chi connectivity index (χ0n) is 12.5. The lowest BCUT2D eigenvalue weighted by atomic mass is 9.57. The summed E-state index contributed by atoms with van der Waals surface area (Å²) in [6, 6.07) is 0. The molecule has 0 amide bonds. The summed E-state index contributed by atoms with van der Waals surface area (Å²) in [5.41, 5.74) is -0.394. The number of ether oxygens (including phenoxy) is 3. The van der Waals surface area contributed by atoms with Crippen LogP contribution in [-0.4, -0.2) is 44.0 Å². The minimum atomic E-state index is -1.36. The van der Waals surface area contributed by atoms with Crippen LogP contribution < -0.4 is 0 Å². The van der Waals surface area contributed by atoms with E-state index in [0.717, 1.165) is 0 Å². The molecule has 0 aromatic rings. The molecule has 22 heavy (non-hydrogen) atoms. The molecule has 4 aliphatic rings. The number of esters is 3. The van der Waals surface area contributed by atoms with Crippen LogP contribution in [0.25, 0.3) is 0 Å². The van der Waals surface area contributed by atoms with E-state index < -0.39 is 41.3 Å². The van der Waals surface area contributed by atoms with Crippen molar-refractivity contribution in [2.45, 2.75) is 25.9 Å². The summed E-state index contributed by atoms with van der Waals surface area (Å²) in [4.78, 5) is 49.0. The van der Waals surface area contributed by atoms with Gasteiger partial charge in [0.1, 0.15) is 17.4 Å². The van der Waals surface area contributed by atoms with Crippen molar-refractivity contribution >= 4 is 23.7 Å². The Balaban J connectivity index is 2.23. The molecule has 2 heterocycles. The molecule has 1 saturated heterocycles. The topological polar surface area (TPSA) is 96.0 Å². The molecular weight excluding hydrogens is 292 g/mol. The van der Waals surface area contributed by atoms with Gasteiger partial charge in [0.2, 0.25) is 0 Å². The number of carbonyl (C=O) groups is 4. The molecule has 0 saturated carbocycles. The van der Waals surface area contributed by atoms with Crippen LogP contribution in [0.1, 0.15) is 19.8 Å². The van der Waals surface area contributed by atoms with Crippen LogP contribution in [0.3, 0.4) is 0 Å². The SMILES string of the molecule is COC(=O)[C@@H]1C2OC(=O)C(C)(C3=C2C(=O)CC3)[C@@H]1C(=O)OC. The maximum Gasteiger partial charge on any atom is 0.317 e. The third-order valence-electron chi connectivity index (χ3n) is 5.03. The Kier molecular flexibility index (Phi) is 3.12. The highest BCUT2D eigenvalue weighted by atomic mass is 16.6. The van der Waals surface area contributed by atoms with Crippen molar-refractivity contribution in [3.8, 4) is 0 Å². The van der Waals surface area contributed by atoms with Gasteiger partial charge < -0.3 is 14.2 Å². The van der Waals surface area contributed by atoms with E-state index in [-0.39, 0.29) is 12.2 Å². The van der Waals surface area contributed by atoms with Crippen LogP contribution in [0, 0.1) is 17.3 Å². The Bertz CT molecular complexity index is 632. The molecule has 7 nitrogen and oxygen atoms in total. The number of Topliss-reactive ketones (excluding diaryl/α,β-unsaturated/α-hetero) is 1. The number of hydrogen-bond acceptors (Lipinski definition) is 7. The van der Waals surface area contributed by atoms with Crippen LogP contribution >= 0.6 is 0 Å². The molecule has 7 heteroatoms. The average Bonchev–Trinajstić information content (AvgIpc) is 2.90. The van der Waals surface area contributed by atoms with Crippen molar-refractivity contribution in [3.05, 3.63) is 11.1 Å². The van der Waals surface area contributed by atoms with Crippen molar-refractivity contribution in [1.29, 1.82) is 0 Å². The van der Waals surface area contributed by atoms with E-state index >= 15 is 0 Å². The lowest BCUT2D eigenvalue weighted by Gasteiger charge is -2.50. The fourth-order valence-electron chi connectivity index (χ4n) is 3.97. The molecule has 0 N–H and O–H groups in total. The van der Waals surface area contributed by atoms with E-state index in [0.29, 0.717) is 17.6 Å². The summed E-state index contributed by atoms with van der Waals surface area (Å²) in [5, 5.41) is 0. The smallest absolute Gasteiger partial charge is 0.317 e. The summed E-state index contributed by atoms with van der Waals surface area (Å²) in [6.07, 6.45) is -0.400. The first kappa shape index (κ1) is 14.7. The molecule has 2 unspecified atom stereocenters. The molecule has 1 fully saturated rings. The molecular formula is C15H16O7. The summed E-state index contributed by atoms with van der Waals surface area (Å²) in [7, 11) is 2.39. The highest BCUT2D eigenvalue weighted by Crippen LogP contribution is 2.58. The molecule has 2 bridgehead atoms. The first-order valence-electron chi connectivity index (χ1n) is 7.01. The zero-order valence-corrected chi connectivity index (χ0v) is 12.5.